The van der Waals surface area contributed by atoms with Crippen LogP contribution in [0.15, 0.2) is 40.3 Å². The van der Waals surface area contributed by atoms with Gasteiger partial charge < -0.3 is 5.32 Å². The minimum atomic E-state index is 0.793. The fourth-order valence-electron chi connectivity index (χ4n) is 1.06. The van der Waals surface area contributed by atoms with E-state index in [0.717, 1.165) is 17.8 Å². The first-order valence-electron chi connectivity index (χ1n) is 4.40. The lowest BCUT2D eigenvalue weighted by molar-refractivity contribution is 1.19. The number of rotatable bonds is 4. The van der Waals surface area contributed by atoms with Crippen LogP contribution in [0.4, 0.5) is 5.69 Å². The summed E-state index contributed by atoms with van der Waals surface area (Å²) in [7, 11) is 0. The van der Waals surface area contributed by atoms with Crippen LogP contribution in [0.25, 0.3) is 0 Å². The van der Waals surface area contributed by atoms with Crippen LogP contribution >= 0.6 is 23.4 Å². The van der Waals surface area contributed by atoms with Crippen molar-refractivity contribution in [1.29, 1.82) is 0 Å². The second kappa shape index (κ2) is 5.99. The minimum absolute atomic E-state index is 0.793. The molecule has 0 fully saturated rings. The summed E-state index contributed by atoms with van der Waals surface area (Å²) in [5.41, 5.74) is 3.90. The molecule has 14 heavy (non-hydrogen) atoms. The Morgan fingerprint density at radius 1 is 1.50 bits per heavy atom. The zero-order valence-electron chi connectivity index (χ0n) is 8.38. The monoisotopic (exact) mass is 227 g/mol. The molecular formula is C11H14ClNS. The summed E-state index contributed by atoms with van der Waals surface area (Å²) >= 11 is 7.32. The maximum atomic E-state index is 5.58. The maximum absolute atomic E-state index is 5.58. The average molecular weight is 228 g/mol. The first-order valence-corrected chi connectivity index (χ1v) is 6.06. The highest BCUT2D eigenvalue weighted by atomic mass is 35.5. The topological polar surface area (TPSA) is 12.0 Å². The van der Waals surface area contributed by atoms with Gasteiger partial charge in [0.15, 0.2) is 0 Å². The molecule has 0 saturated heterocycles. The molecule has 76 valence electrons. The predicted molar refractivity (Wildman–Crippen MR) is 66.3 cm³/mol. The summed E-state index contributed by atoms with van der Waals surface area (Å²) < 4.78 is 0. The van der Waals surface area contributed by atoms with E-state index < -0.39 is 0 Å². The van der Waals surface area contributed by atoms with Crippen molar-refractivity contribution >= 4 is 29.1 Å². The Kier molecular flexibility index (Phi) is 4.91. The average Bonchev–Trinajstić information content (AvgIpc) is 2.26. The van der Waals surface area contributed by atoms with Crippen LogP contribution in [0.5, 0.6) is 0 Å². The third-order valence-corrected chi connectivity index (χ3v) is 3.02. The number of anilines is 1. The molecule has 0 unspecified atom stereocenters. The second-order valence-electron chi connectivity index (χ2n) is 3.01. The minimum Gasteiger partial charge on any atom is -0.380 e. The molecule has 1 nitrogen and oxygen atoms in total. The van der Waals surface area contributed by atoms with Crippen LogP contribution in [-0.2, 0) is 0 Å². The summed E-state index contributed by atoms with van der Waals surface area (Å²) in [6.07, 6.45) is 2.07. The van der Waals surface area contributed by atoms with Crippen LogP contribution < -0.4 is 5.32 Å². The van der Waals surface area contributed by atoms with Gasteiger partial charge in [-0.2, -0.15) is 0 Å². The molecule has 0 heterocycles. The van der Waals surface area contributed by atoms with Crippen molar-refractivity contribution in [2.45, 2.75) is 11.8 Å². The van der Waals surface area contributed by atoms with Crippen LogP contribution in [0.3, 0.4) is 0 Å². The van der Waals surface area contributed by atoms with Crippen molar-refractivity contribution in [3.05, 3.63) is 35.4 Å². The smallest absolute Gasteiger partial charge is 0.0480 e. The Hall–Kier alpha value is -0.600. The molecule has 0 bridgehead atoms. The molecular weight excluding hydrogens is 214 g/mol. The molecule has 0 saturated carbocycles. The number of hydrogen-bond acceptors (Lipinski definition) is 2. The predicted octanol–water partition coefficient (Wildman–Crippen LogP) is 3.96. The Morgan fingerprint density at radius 3 is 2.86 bits per heavy atom. The Labute approximate surface area is 94.5 Å². The van der Waals surface area contributed by atoms with E-state index in [2.05, 4.69) is 23.7 Å². The summed E-state index contributed by atoms with van der Waals surface area (Å²) in [5.74, 6) is 0. The molecule has 0 aliphatic rings. The third-order valence-electron chi connectivity index (χ3n) is 1.85. The van der Waals surface area contributed by atoms with Gasteiger partial charge in [0.2, 0.25) is 0 Å². The van der Waals surface area contributed by atoms with E-state index in [0.29, 0.717) is 0 Å². The molecule has 1 aromatic rings. The largest absolute Gasteiger partial charge is 0.380 e. The highest BCUT2D eigenvalue weighted by molar-refractivity contribution is 7.98. The SMILES string of the molecule is CSc1ccccc1NC/C(C)=C/Cl. The van der Waals surface area contributed by atoms with Gasteiger partial charge in [0.05, 0.1) is 0 Å². The van der Waals surface area contributed by atoms with Gasteiger partial charge in [-0.25, -0.2) is 0 Å². The van der Waals surface area contributed by atoms with Crippen molar-refractivity contribution < 1.29 is 0 Å². The molecule has 1 aromatic carbocycles. The number of benzene rings is 1. The lowest BCUT2D eigenvalue weighted by Crippen LogP contribution is -2.03. The van der Waals surface area contributed by atoms with E-state index in [1.165, 1.54) is 4.90 Å². The summed E-state index contributed by atoms with van der Waals surface area (Å²) in [6.45, 7) is 2.79. The number of thioether (sulfide) groups is 1. The highest BCUT2D eigenvalue weighted by Gasteiger charge is 1.98. The van der Waals surface area contributed by atoms with Crippen molar-refractivity contribution in [1.82, 2.24) is 0 Å². The van der Waals surface area contributed by atoms with Gasteiger partial charge in [-0.15, -0.1) is 11.8 Å². The van der Waals surface area contributed by atoms with Crippen molar-refractivity contribution in [2.24, 2.45) is 0 Å². The van der Waals surface area contributed by atoms with E-state index in [1.54, 1.807) is 17.3 Å². The number of hydrogen-bond donors (Lipinski definition) is 1. The molecule has 0 spiro atoms. The normalized spacial score (nSPS) is 11.5. The molecule has 0 aromatic heterocycles. The lowest BCUT2D eigenvalue weighted by atomic mass is 10.3. The van der Waals surface area contributed by atoms with Crippen molar-refractivity contribution in [3.8, 4) is 0 Å². The van der Waals surface area contributed by atoms with Gasteiger partial charge in [-0.1, -0.05) is 23.7 Å². The molecule has 0 radical (unpaired) electrons. The van der Waals surface area contributed by atoms with Crippen LogP contribution in [0.2, 0.25) is 0 Å². The van der Waals surface area contributed by atoms with Gasteiger partial charge in [-0.3, -0.25) is 0 Å². The summed E-state index contributed by atoms with van der Waals surface area (Å²) in [5, 5.41) is 3.34. The number of nitrogens with one attached hydrogen (secondary N) is 1. The van der Waals surface area contributed by atoms with E-state index in [1.807, 2.05) is 19.1 Å². The van der Waals surface area contributed by atoms with Crippen molar-refractivity contribution in [3.63, 3.8) is 0 Å². The Balaban J connectivity index is 2.66. The summed E-state index contributed by atoms with van der Waals surface area (Å²) in [4.78, 5) is 1.26. The number of para-hydroxylation sites is 1. The number of halogens is 1. The first-order chi connectivity index (χ1) is 6.77. The van der Waals surface area contributed by atoms with Gasteiger partial charge in [-0.05, 0) is 30.9 Å². The fourth-order valence-corrected chi connectivity index (χ4v) is 1.72. The van der Waals surface area contributed by atoms with Gasteiger partial charge >= 0.3 is 0 Å². The fraction of sp³-hybridized carbons (Fsp3) is 0.273. The molecule has 0 atom stereocenters. The van der Waals surface area contributed by atoms with Crippen molar-refractivity contribution in [2.75, 3.05) is 18.1 Å². The van der Waals surface area contributed by atoms with E-state index >= 15 is 0 Å². The van der Waals surface area contributed by atoms with E-state index in [4.69, 9.17) is 11.6 Å². The summed E-state index contributed by atoms with van der Waals surface area (Å²) in [6, 6.07) is 8.25. The van der Waals surface area contributed by atoms with Gasteiger partial charge in [0.1, 0.15) is 0 Å². The van der Waals surface area contributed by atoms with Crippen LogP contribution in [0, 0.1) is 0 Å². The molecule has 1 N–H and O–H groups in total. The van der Waals surface area contributed by atoms with Gasteiger partial charge in [0, 0.05) is 22.7 Å². The standard InChI is InChI=1S/C11H14ClNS/c1-9(7-12)8-13-10-5-3-4-6-11(10)14-2/h3-7,13H,8H2,1-2H3/b9-7+. The molecule has 0 aliphatic heterocycles. The molecule has 0 amide bonds. The molecule has 0 aliphatic carbocycles. The van der Waals surface area contributed by atoms with E-state index in [9.17, 15) is 0 Å². The third kappa shape index (κ3) is 3.28. The Morgan fingerprint density at radius 2 is 2.21 bits per heavy atom. The van der Waals surface area contributed by atoms with Gasteiger partial charge in [0.25, 0.3) is 0 Å². The van der Waals surface area contributed by atoms with E-state index in [-0.39, 0.29) is 0 Å². The second-order valence-corrected chi connectivity index (χ2v) is 4.08. The highest BCUT2D eigenvalue weighted by Crippen LogP contribution is 2.24. The van der Waals surface area contributed by atoms with Crippen LogP contribution in [0.1, 0.15) is 6.92 Å². The Bertz CT molecular complexity index is 323. The first kappa shape index (κ1) is 11.5. The maximum Gasteiger partial charge on any atom is 0.0480 e. The lowest BCUT2D eigenvalue weighted by Gasteiger charge is -2.09. The zero-order valence-corrected chi connectivity index (χ0v) is 9.95. The molecule has 3 heteroatoms. The molecule has 1 rings (SSSR count). The quantitative estimate of drug-likeness (QED) is 0.782. The zero-order chi connectivity index (χ0) is 10.4. The van der Waals surface area contributed by atoms with Crippen LogP contribution in [-0.4, -0.2) is 12.8 Å².